The summed E-state index contributed by atoms with van der Waals surface area (Å²) in [7, 11) is 0. The first-order valence-corrected chi connectivity index (χ1v) is 10.4. The third-order valence-electron chi connectivity index (χ3n) is 6.80. The van der Waals surface area contributed by atoms with Crippen molar-refractivity contribution in [3.05, 3.63) is 96.6 Å². The van der Waals surface area contributed by atoms with Crippen LogP contribution in [0.25, 0.3) is 0 Å². The Labute approximate surface area is 178 Å². The van der Waals surface area contributed by atoms with Gasteiger partial charge in [-0.25, -0.2) is 0 Å². The first-order chi connectivity index (χ1) is 15.2. The summed E-state index contributed by atoms with van der Waals surface area (Å²) in [6.45, 7) is 1.97. The van der Waals surface area contributed by atoms with Crippen molar-refractivity contribution in [1.29, 1.82) is 0 Å². The number of carbonyl (C=O) groups excluding carboxylic acids is 1. The van der Waals surface area contributed by atoms with Crippen molar-refractivity contribution < 1.29 is 22.5 Å². The molecule has 0 amide bonds. The Kier molecular flexibility index (Phi) is 4.09. The zero-order chi connectivity index (χ0) is 21.0. The zero-order valence-electron chi connectivity index (χ0n) is 16.9. The summed E-state index contributed by atoms with van der Waals surface area (Å²) in [5, 5.41) is 7.37. The van der Waals surface area contributed by atoms with Crippen LogP contribution in [0.3, 0.4) is 0 Å². The number of carbonyl (C=O) groups is 1. The molecule has 2 fully saturated rings. The highest BCUT2D eigenvalue weighted by Crippen LogP contribution is 2.58. The van der Waals surface area contributed by atoms with Crippen LogP contribution in [-0.2, 0) is 4.79 Å². The van der Waals surface area contributed by atoms with Gasteiger partial charge in [0.2, 0.25) is 0 Å². The molecule has 2 bridgehead atoms. The summed E-state index contributed by atoms with van der Waals surface area (Å²) in [5.41, 5.74) is -0.868. The van der Waals surface area contributed by atoms with E-state index in [4.69, 9.17) is 17.7 Å². The van der Waals surface area contributed by atoms with Gasteiger partial charge < -0.3 is 17.7 Å². The number of piperidine rings is 2. The van der Waals surface area contributed by atoms with Crippen molar-refractivity contribution in [3.63, 3.8) is 0 Å². The summed E-state index contributed by atoms with van der Waals surface area (Å²) in [6, 6.07) is 13.4. The first-order valence-electron chi connectivity index (χ1n) is 10.4. The molecule has 2 aliphatic heterocycles. The predicted octanol–water partition coefficient (Wildman–Crippen LogP) is 4.72. The third kappa shape index (κ3) is 2.63. The van der Waals surface area contributed by atoms with Gasteiger partial charge in [0, 0.05) is 0 Å². The number of fused-ring (bicyclic) bond motifs is 2. The van der Waals surface area contributed by atoms with Gasteiger partial charge in [0.25, 0.3) is 0 Å². The van der Waals surface area contributed by atoms with Gasteiger partial charge in [0.05, 0.1) is 60.6 Å². The molecule has 6 heterocycles. The van der Waals surface area contributed by atoms with E-state index in [2.05, 4.69) is 10.6 Å². The molecular formula is C24H22N2O5. The van der Waals surface area contributed by atoms with E-state index < -0.39 is 11.3 Å². The molecule has 0 radical (unpaired) electrons. The molecule has 4 aromatic heterocycles. The van der Waals surface area contributed by atoms with Crippen LogP contribution in [0.2, 0.25) is 0 Å². The number of hydrogen-bond donors (Lipinski definition) is 2. The fraction of sp³-hybridized carbons (Fsp3) is 0.292. The van der Waals surface area contributed by atoms with E-state index in [0.717, 1.165) is 0 Å². The number of hydrogen-bond acceptors (Lipinski definition) is 7. The lowest BCUT2D eigenvalue weighted by Gasteiger charge is -2.55. The predicted molar refractivity (Wildman–Crippen MR) is 109 cm³/mol. The molecule has 158 valence electrons. The molecule has 4 atom stereocenters. The molecule has 2 aliphatic rings. The lowest BCUT2D eigenvalue weighted by Crippen LogP contribution is -2.65. The van der Waals surface area contributed by atoms with Gasteiger partial charge in [-0.15, -0.1) is 0 Å². The number of rotatable bonds is 4. The first kappa shape index (κ1) is 18.5. The molecule has 0 aromatic carbocycles. The van der Waals surface area contributed by atoms with Crippen molar-refractivity contribution in [2.24, 2.45) is 11.3 Å². The molecule has 0 aliphatic carbocycles. The summed E-state index contributed by atoms with van der Waals surface area (Å²) in [4.78, 5) is 14.3. The minimum atomic E-state index is -0.868. The lowest BCUT2D eigenvalue weighted by molar-refractivity contribution is -0.152. The Hall–Kier alpha value is -3.29. The van der Waals surface area contributed by atoms with E-state index in [9.17, 15) is 4.79 Å². The Morgan fingerprint density at radius 3 is 1.42 bits per heavy atom. The van der Waals surface area contributed by atoms with E-state index in [1.807, 2.05) is 55.5 Å². The van der Waals surface area contributed by atoms with Crippen molar-refractivity contribution in [1.82, 2.24) is 10.6 Å². The molecule has 4 unspecified atom stereocenters. The highest BCUT2D eigenvalue weighted by atomic mass is 16.3. The molecular weight excluding hydrogens is 396 g/mol. The van der Waals surface area contributed by atoms with Crippen LogP contribution < -0.4 is 10.6 Å². The van der Waals surface area contributed by atoms with Gasteiger partial charge in [0.15, 0.2) is 0 Å². The highest BCUT2D eigenvalue weighted by molar-refractivity contribution is 5.92. The third-order valence-corrected chi connectivity index (χ3v) is 6.80. The number of nitrogens with one attached hydrogen (secondary N) is 2. The fourth-order valence-electron chi connectivity index (χ4n) is 5.34. The van der Waals surface area contributed by atoms with Gasteiger partial charge >= 0.3 is 0 Å². The second-order valence-corrected chi connectivity index (χ2v) is 8.39. The molecule has 31 heavy (non-hydrogen) atoms. The van der Waals surface area contributed by atoms with Crippen molar-refractivity contribution >= 4 is 5.78 Å². The Bertz CT molecular complexity index is 1060. The maximum Gasteiger partial charge on any atom is 0.149 e. The summed E-state index contributed by atoms with van der Waals surface area (Å²) >= 11 is 0. The van der Waals surface area contributed by atoms with Gasteiger partial charge in [0.1, 0.15) is 28.8 Å². The van der Waals surface area contributed by atoms with Crippen LogP contribution >= 0.6 is 0 Å². The SMILES string of the molecule is CC12C(=O)C(C(c3ccco3)NC1c1ccco1)C(c1ccco1)NC2c1ccco1. The summed E-state index contributed by atoms with van der Waals surface area (Å²) in [5.74, 6) is 2.45. The number of ketones is 1. The minimum absolute atomic E-state index is 0.107. The monoisotopic (exact) mass is 418 g/mol. The Balaban J connectivity index is 1.55. The normalized spacial score (nSPS) is 32.9. The maximum absolute atomic E-state index is 14.3. The average molecular weight is 418 g/mol. The van der Waals surface area contributed by atoms with Crippen LogP contribution in [0.15, 0.2) is 91.3 Å². The smallest absolute Gasteiger partial charge is 0.149 e. The van der Waals surface area contributed by atoms with E-state index >= 15 is 0 Å². The van der Waals surface area contributed by atoms with Crippen LogP contribution in [0.4, 0.5) is 0 Å². The van der Waals surface area contributed by atoms with Crippen molar-refractivity contribution in [3.8, 4) is 0 Å². The topological polar surface area (TPSA) is 93.7 Å². The fourth-order valence-corrected chi connectivity index (χ4v) is 5.34. The van der Waals surface area contributed by atoms with E-state index in [0.29, 0.717) is 23.0 Å². The largest absolute Gasteiger partial charge is 0.468 e. The number of furan rings is 4. The number of Topliss-reactive ketones (excluding diaryl/α,β-unsaturated/α-hetero) is 1. The molecule has 2 N–H and O–H groups in total. The van der Waals surface area contributed by atoms with Crippen LogP contribution in [0.5, 0.6) is 0 Å². The molecule has 0 saturated carbocycles. The maximum atomic E-state index is 14.3. The second-order valence-electron chi connectivity index (χ2n) is 8.39. The van der Waals surface area contributed by atoms with Crippen molar-refractivity contribution in [2.75, 3.05) is 0 Å². The molecule has 6 rings (SSSR count). The second kappa shape index (κ2) is 6.87. The molecule has 4 aromatic rings. The van der Waals surface area contributed by atoms with Crippen LogP contribution in [0, 0.1) is 11.3 Å². The van der Waals surface area contributed by atoms with Crippen LogP contribution in [0.1, 0.15) is 54.1 Å². The quantitative estimate of drug-likeness (QED) is 0.495. The van der Waals surface area contributed by atoms with E-state index in [1.165, 1.54) is 0 Å². The van der Waals surface area contributed by atoms with E-state index in [-0.39, 0.29) is 30.0 Å². The average Bonchev–Trinajstić information content (AvgIpc) is 3.58. The Morgan fingerprint density at radius 2 is 1.06 bits per heavy atom. The Morgan fingerprint density at radius 1 is 0.677 bits per heavy atom. The lowest BCUT2D eigenvalue weighted by atomic mass is 9.58. The van der Waals surface area contributed by atoms with Crippen molar-refractivity contribution in [2.45, 2.75) is 31.1 Å². The molecule has 0 spiro atoms. The van der Waals surface area contributed by atoms with Gasteiger partial charge in [-0.1, -0.05) is 0 Å². The molecule has 7 nitrogen and oxygen atoms in total. The summed E-state index contributed by atoms with van der Waals surface area (Å²) < 4.78 is 23.1. The van der Waals surface area contributed by atoms with Gasteiger partial charge in [-0.05, 0) is 55.5 Å². The molecule has 2 saturated heterocycles. The van der Waals surface area contributed by atoms with E-state index in [1.54, 1.807) is 25.1 Å². The summed E-state index contributed by atoms with van der Waals surface area (Å²) in [6.07, 6.45) is 6.51. The highest BCUT2D eigenvalue weighted by Gasteiger charge is 2.64. The standard InChI is InChI=1S/C24H22N2O5/c1-24-21(16-8-4-12-30-16)25-19(14-6-2-10-28-14)18(23(24)27)20(15-7-3-11-29-15)26-22(24)17-9-5-13-31-17/h2-13,18-22,25-26H,1H3. The van der Waals surface area contributed by atoms with Gasteiger partial charge in [-0.3, -0.25) is 15.4 Å². The van der Waals surface area contributed by atoms with Gasteiger partial charge in [-0.2, -0.15) is 0 Å². The van der Waals surface area contributed by atoms with Crippen LogP contribution in [-0.4, -0.2) is 5.78 Å². The zero-order valence-corrected chi connectivity index (χ0v) is 16.9. The molecule has 7 heteroatoms. The minimum Gasteiger partial charge on any atom is -0.468 e.